The lowest BCUT2D eigenvalue weighted by molar-refractivity contribution is -0.126. The minimum absolute atomic E-state index is 0.0880. The summed E-state index contributed by atoms with van der Waals surface area (Å²) in [4.78, 5) is 40.5. The average Bonchev–Trinajstić information content (AvgIpc) is 3.49. The van der Waals surface area contributed by atoms with E-state index in [-0.39, 0.29) is 27.4 Å². The maximum atomic E-state index is 13.5. The molecule has 36 heavy (non-hydrogen) atoms. The van der Waals surface area contributed by atoms with E-state index in [4.69, 9.17) is 4.74 Å². The fourth-order valence-corrected chi connectivity index (χ4v) is 4.67. The summed E-state index contributed by atoms with van der Waals surface area (Å²) in [6.07, 6.45) is 2.56. The Bertz CT molecular complexity index is 1450. The van der Waals surface area contributed by atoms with E-state index >= 15 is 0 Å². The van der Waals surface area contributed by atoms with Gasteiger partial charge in [-0.2, -0.15) is 8.86 Å². The van der Waals surface area contributed by atoms with E-state index in [1.54, 1.807) is 27.2 Å². The topological polar surface area (TPSA) is 107 Å². The SMILES string of the molecule is CCCC(=O)[N+](C)(c1ccc(-c2ccccc2-c2nsc(=O)[nH]2)cc1)c1nn(C)cc1C(=O)OCC. The number of hydrogen-bond acceptors (Lipinski definition) is 7. The number of ether oxygens (including phenoxy) is 1. The molecule has 0 radical (unpaired) electrons. The molecule has 1 atom stereocenters. The Labute approximate surface area is 212 Å². The van der Waals surface area contributed by atoms with Gasteiger partial charge in [0.2, 0.25) is 0 Å². The van der Waals surface area contributed by atoms with Gasteiger partial charge in [-0.3, -0.25) is 14.5 Å². The second-order valence-corrected chi connectivity index (χ2v) is 9.18. The lowest BCUT2D eigenvalue weighted by Crippen LogP contribution is -2.47. The Balaban J connectivity index is 1.82. The molecule has 10 heteroatoms. The first-order valence-corrected chi connectivity index (χ1v) is 12.4. The monoisotopic (exact) mass is 506 g/mol. The number of nitrogens with one attached hydrogen (secondary N) is 1. The summed E-state index contributed by atoms with van der Waals surface area (Å²) in [6.45, 7) is 3.90. The Morgan fingerprint density at radius 3 is 2.39 bits per heavy atom. The van der Waals surface area contributed by atoms with Gasteiger partial charge in [-0.1, -0.05) is 31.2 Å². The van der Waals surface area contributed by atoms with Gasteiger partial charge in [0, 0.05) is 42.5 Å². The number of benzene rings is 2. The smallest absolute Gasteiger partial charge is 0.347 e. The second kappa shape index (κ2) is 10.4. The minimum atomic E-state index is -0.517. The van der Waals surface area contributed by atoms with E-state index in [0.717, 1.165) is 28.2 Å². The molecule has 0 aliphatic heterocycles. The van der Waals surface area contributed by atoms with Crippen molar-refractivity contribution >= 4 is 34.9 Å². The average molecular weight is 507 g/mol. The Morgan fingerprint density at radius 1 is 1.08 bits per heavy atom. The van der Waals surface area contributed by atoms with Crippen LogP contribution in [0.5, 0.6) is 0 Å². The number of aryl methyl sites for hydroxylation is 1. The quantitative estimate of drug-likeness (QED) is 0.275. The second-order valence-electron chi connectivity index (χ2n) is 8.45. The van der Waals surface area contributed by atoms with Crippen molar-refractivity contribution in [3.05, 3.63) is 70.0 Å². The van der Waals surface area contributed by atoms with Gasteiger partial charge in [0.1, 0.15) is 5.69 Å². The standard InChI is InChI=1S/C26H27N5O4S/c1-5-9-22(32)31(4,24-21(16-30(3)28-24)25(33)35-6-2)18-14-12-17(13-15-18)19-10-7-8-11-20(19)23-27-26(34)36-29-23/h7-8,10-16H,5-6,9H2,1-4H3/p+1. The van der Waals surface area contributed by atoms with E-state index in [9.17, 15) is 14.4 Å². The van der Waals surface area contributed by atoms with E-state index in [2.05, 4.69) is 14.5 Å². The molecule has 0 aliphatic rings. The summed E-state index contributed by atoms with van der Waals surface area (Å²) in [5.74, 6) is 0.227. The first-order chi connectivity index (χ1) is 17.3. The van der Waals surface area contributed by atoms with Crippen LogP contribution in [0.2, 0.25) is 0 Å². The van der Waals surface area contributed by atoms with Crippen LogP contribution < -0.4 is 9.36 Å². The van der Waals surface area contributed by atoms with Crippen molar-refractivity contribution in [3.63, 3.8) is 0 Å². The van der Waals surface area contributed by atoms with E-state index < -0.39 is 5.97 Å². The van der Waals surface area contributed by atoms with Gasteiger partial charge >= 0.3 is 16.7 Å². The molecule has 0 saturated carbocycles. The molecule has 0 bridgehead atoms. The molecule has 4 rings (SSSR count). The van der Waals surface area contributed by atoms with Crippen LogP contribution in [0, 0.1) is 0 Å². The van der Waals surface area contributed by atoms with Gasteiger partial charge in [-0.25, -0.2) is 9.59 Å². The predicted octanol–water partition coefficient (Wildman–Crippen LogP) is 4.67. The Morgan fingerprint density at radius 2 is 1.78 bits per heavy atom. The number of rotatable bonds is 8. The summed E-state index contributed by atoms with van der Waals surface area (Å²) in [5.41, 5.74) is 3.51. The number of aromatic amines is 1. The zero-order valence-electron chi connectivity index (χ0n) is 20.6. The largest absolute Gasteiger partial charge is 0.462 e. The number of hydrogen-bond donors (Lipinski definition) is 1. The van der Waals surface area contributed by atoms with Crippen LogP contribution in [0.15, 0.2) is 59.5 Å². The summed E-state index contributed by atoms with van der Waals surface area (Å²) in [7, 11) is 3.47. The molecule has 0 saturated heterocycles. The van der Waals surface area contributed by atoms with Gasteiger partial charge in [0.05, 0.1) is 20.1 Å². The van der Waals surface area contributed by atoms with Crippen LogP contribution >= 0.6 is 11.5 Å². The molecule has 1 amide bonds. The van der Waals surface area contributed by atoms with Crippen molar-refractivity contribution < 1.29 is 14.3 Å². The maximum absolute atomic E-state index is 13.5. The summed E-state index contributed by atoms with van der Waals surface area (Å²) < 4.78 is 10.7. The van der Waals surface area contributed by atoms with Crippen molar-refractivity contribution in [3.8, 4) is 22.5 Å². The highest BCUT2D eigenvalue weighted by Crippen LogP contribution is 2.38. The van der Waals surface area contributed by atoms with Crippen molar-refractivity contribution in [2.24, 2.45) is 7.05 Å². The number of nitrogens with zero attached hydrogens (tertiary/aromatic N) is 4. The summed E-state index contributed by atoms with van der Waals surface area (Å²) in [6, 6.07) is 15.2. The van der Waals surface area contributed by atoms with Gasteiger partial charge in [0.15, 0.2) is 11.4 Å². The lowest BCUT2D eigenvalue weighted by atomic mass is 9.98. The number of aromatic nitrogens is 4. The molecule has 2 aromatic heterocycles. The van der Waals surface area contributed by atoms with Crippen LogP contribution in [0.3, 0.4) is 0 Å². The highest BCUT2D eigenvalue weighted by molar-refractivity contribution is 7.03. The van der Waals surface area contributed by atoms with Gasteiger partial charge < -0.3 is 4.74 Å². The van der Waals surface area contributed by atoms with Crippen LogP contribution in [0.4, 0.5) is 11.5 Å². The van der Waals surface area contributed by atoms with Crippen molar-refractivity contribution in [1.29, 1.82) is 0 Å². The fraction of sp³-hybridized carbons (Fsp3) is 0.269. The van der Waals surface area contributed by atoms with Crippen molar-refractivity contribution in [1.82, 2.24) is 23.6 Å². The van der Waals surface area contributed by atoms with E-state index in [1.165, 1.54) is 4.68 Å². The molecule has 0 aliphatic carbocycles. The van der Waals surface area contributed by atoms with E-state index in [0.29, 0.717) is 30.2 Å². The highest BCUT2D eigenvalue weighted by atomic mass is 32.1. The zero-order chi connectivity index (χ0) is 25.9. The number of quaternary nitrogens is 1. The minimum Gasteiger partial charge on any atom is -0.462 e. The third kappa shape index (κ3) is 4.65. The molecule has 2 aromatic carbocycles. The van der Waals surface area contributed by atoms with Gasteiger partial charge in [-0.15, -0.1) is 5.10 Å². The number of carbonyl (C=O) groups excluding carboxylic acids is 2. The van der Waals surface area contributed by atoms with Crippen LogP contribution in [0.25, 0.3) is 22.5 Å². The predicted molar refractivity (Wildman–Crippen MR) is 140 cm³/mol. The third-order valence-corrected chi connectivity index (χ3v) is 6.55. The van der Waals surface area contributed by atoms with Gasteiger partial charge in [0.25, 0.3) is 5.82 Å². The molecule has 2 heterocycles. The van der Waals surface area contributed by atoms with Crippen molar-refractivity contribution in [2.45, 2.75) is 26.7 Å². The van der Waals surface area contributed by atoms with E-state index in [1.807, 2.05) is 55.5 Å². The highest BCUT2D eigenvalue weighted by Gasteiger charge is 2.43. The van der Waals surface area contributed by atoms with Crippen molar-refractivity contribution in [2.75, 3.05) is 13.7 Å². The first kappa shape index (κ1) is 25.2. The molecule has 186 valence electrons. The summed E-state index contributed by atoms with van der Waals surface area (Å²) >= 11 is 0.876. The maximum Gasteiger partial charge on any atom is 0.347 e. The molecular weight excluding hydrogens is 478 g/mol. The molecule has 9 nitrogen and oxygen atoms in total. The fourth-order valence-electron chi connectivity index (χ4n) is 4.21. The number of amides is 1. The van der Waals surface area contributed by atoms with Crippen LogP contribution in [-0.4, -0.2) is 44.7 Å². The molecule has 1 unspecified atom stereocenters. The number of esters is 1. The lowest BCUT2D eigenvalue weighted by Gasteiger charge is -2.29. The molecular formula is C26H28N5O4S+. The third-order valence-electron chi connectivity index (χ3n) is 6.01. The summed E-state index contributed by atoms with van der Waals surface area (Å²) in [5, 5.41) is 4.53. The Hall–Kier alpha value is -3.89. The van der Waals surface area contributed by atoms with Crippen LogP contribution in [0.1, 0.15) is 37.0 Å². The first-order valence-electron chi connectivity index (χ1n) is 11.7. The number of H-pyrrole nitrogens is 1. The van der Waals surface area contributed by atoms with Gasteiger partial charge in [-0.05, 0) is 36.6 Å². The molecule has 1 N–H and O–H groups in total. The normalized spacial score (nSPS) is 12.8. The Kier molecular flexibility index (Phi) is 7.27. The molecule has 0 spiro atoms. The molecule has 4 aromatic rings. The van der Waals surface area contributed by atoms with Crippen LogP contribution in [-0.2, 0) is 16.6 Å². The zero-order valence-corrected chi connectivity index (χ0v) is 21.5. The molecule has 0 fully saturated rings. The number of carbonyl (C=O) groups is 2.